The van der Waals surface area contributed by atoms with Crippen LogP contribution in [0.5, 0.6) is 0 Å². The van der Waals surface area contributed by atoms with E-state index in [4.69, 9.17) is 18.6 Å². The number of esters is 1. The zero-order valence-electron chi connectivity index (χ0n) is 25.8. The van der Waals surface area contributed by atoms with Gasteiger partial charge >= 0.3 is 18.2 Å². The minimum Gasteiger partial charge on any atom is -0.463 e. The highest BCUT2D eigenvalue weighted by molar-refractivity contribution is 6.74. The van der Waals surface area contributed by atoms with Gasteiger partial charge in [-0.2, -0.15) is 0 Å². The van der Waals surface area contributed by atoms with Crippen LogP contribution in [-0.4, -0.2) is 50.7 Å². The Kier molecular flexibility index (Phi) is 14.3. The number of unbranched alkanes of at least 4 members (excludes halogenated alkanes) is 1. The van der Waals surface area contributed by atoms with Crippen molar-refractivity contribution in [2.75, 3.05) is 13.2 Å². The summed E-state index contributed by atoms with van der Waals surface area (Å²) in [6.45, 7) is 13.5. The molecule has 0 heterocycles. The maximum absolute atomic E-state index is 13.3. The predicted octanol–water partition coefficient (Wildman–Crippen LogP) is 7.15. The van der Waals surface area contributed by atoms with Crippen LogP contribution in [0.3, 0.4) is 0 Å². The van der Waals surface area contributed by atoms with E-state index >= 15 is 0 Å². The molecular weight excluding hydrogens is 552 g/mol. The van der Waals surface area contributed by atoms with Crippen molar-refractivity contribution >= 4 is 26.5 Å². The van der Waals surface area contributed by atoms with Gasteiger partial charge in [0.2, 0.25) is 0 Å². The quantitative estimate of drug-likeness (QED) is 0.0615. The summed E-state index contributed by atoms with van der Waals surface area (Å²) in [6, 6.07) is 17.7. The molecule has 2 aromatic rings. The highest BCUT2D eigenvalue weighted by Crippen LogP contribution is 2.36. The van der Waals surface area contributed by atoms with E-state index in [0.29, 0.717) is 19.4 Å². The summed E-state index contributed by atoms with van der Waals surface area (Å²) >= 11 is 0. The van der Waals surface area contributed by atoms with Crippen molar-refractivity contribution in [3.8, 4) is 0 Å². The molecule has 0 bridgehead atoms. The Hall–Kier alpha value is -3.63. The Bertz CT molecular complexity index is 1130. The van der Waals surface area contributed by atoms with Gasteiger partial charge < -0.3 is 18.6 Å². The normalized spacial score (nSPS) is 12.4. The molecule has 2 rings (SSSR count). The SMILES string of the molecule is CCOC(=O)/C=C/C(CCCCO[Si](C)(C)C(C)(C)C)N(NC(=O)OCc1ccccc1)C(=O)OCc1ccccc1. The summed E-state index contributed by atoms with van der Waals surface area (Å²) in [5.74, 6) is -0.548. The van der Waals surface area contributed by atoms with Crippen LogP contribution in [0.25, 0.3) is 0 Å². The first-order valence-corrected chi connectivity index (χ1v) is 17.3. The van der Waals surface area contributed by atoms with Gasteiger partial charge in [0.15, 0.2) is 8.32 Å². The van der Waals surface area contributed by atoms with E-state index < -0.39 is 32.5 Å². The van der Waals surface area contributed by atoms with E-state index in [1.54, 1.807) is 6.92 Å². The number of nitrogens with zero attached hydrogens (tertiary/aromatic N) is 1. The molecule has 0 saturated carbocycles. The summed E-state index contributed by atoms with van der Waals surface area (Å²) in [5.41, 5.74) is 4.12. The molecule has 0 aliphatic heterocycles. The second-order valence-electron chi connectivity index (χ2n) is 11.4. The highest BCUT2D eigenvalue weighted by atomic mass is 28.4. The van der Waals surface area contributed by atoms with Crippen LogP contribution >= 0.6 is 0 Å². The fourth-order valence-electron chi connectivity index (χ4n) is 3.60. The van der Waals surface area contributed by atoms with Gasteiger partial charge in [-0.05, 0) is 55.4 Å². The minimum absolute atomic E-state index is 0.00554. The first-order valence-electron chi connectivity index (χ1n) is 14.4. The van der Waals surface area contributed by atoms with Crippen molar-refractivity contribution in [2.45, 2.75) is 84.3 Å². The highest BCUT2D eigenvalue weighted by Gasteiger charge is 2.36. The number of rotatable bonds is 14. The average Bonchev–Trinajstić information content (AvgIpc) is 2.95. The molecule has 230 valence electrons. The molecule has 42 heavy (non-hydrogen) atoms. The van der Waals surface area contributed by atoms with Gasteiger partial charge in [0, 0.05) is 12.7 Å². The van der Waals surface area contributed by atoms with Crippen LogP contribution in [0.4, 0.5) is 9.59 Å². The van der Waals surface area contributed by atoms with Gasteiger partial charge in [-0.3, -0.25) is 0 Å². The second kappa shape index (κ2) is 17.4. The maximum atomic E-state index is 13.3. The van der Waals surface area contributed by atoms with Gasteiger partial charge in [0.05, 0.1) is 12.6 Å². The zero-order chi connectivity index (χ0) is 31.0. The number of hydrazine groups is 1. The van der Waals surface area contributed by atoms with Crippen LogP contribution in [0.2, 0.25) is 18.1 Å². The fraction of sp³-hybridized carbons (Fsp3) is 0.469. The van der Waals surface area contributed by atoms with Gasteiger partial charge in [0.25, 0.3) is 0 Å². The molecule has 0 radical (unpaired) electrons. The molecule has 0 aliphatic carbocycles. The van der Waals surface area contributed by atoms with Crippen LogP contribution < -0.4 is 5.43 Å². The first-order chi connectivity index (χ1) is 19.9. The molecule has 0 aromatic heterocycles. The number of carbonyl (C=O) groups excluding carboxylic acids is 3. The van der Waals surface area contributed by atoms with Crippen molar-refractivity contribution in [3.05, 3.63) is 83.9 Å². The van der Waals surface area contributed by atoms with Crippen molar-refractivity contribution in [3.63, 3.8) is 0 Å². The third-order valence-corrected chi connectivity index (χ3v) is 11.6. The maximum Gasteiger partial charge on any atom is 0.429 e. The lowest BCUT2D eigenvalue weighted by Gasteiger charge is -2.36. The second-order valence-corrected chi connectivity index (χ2v) is 16.2. The Morgan fingerprint density at radius 1 is 0.881 bits per heavy atom. The Balaban J connectivity index is 2.17. The van der Waals surface area contributed by atoms with Gasteiger partial charge in [0.1, 0.15) is 13.2 Å². The molecule has 9 nitrogen and oxygen atoms in total. The number of ether oxygens (including phenoxy) is 3. The fourth-order valence-corrected chi connectivity index (χ4v) is 4.68. The molecule has 2 amide bonds. The zero-order valence-corrected chi connectivity index (χ0v) is 26.8. The average molecular weight is 599 g/mol. The first kappa shape index (κ1) is 34.6. The summed E-state index contributed by atoms with van der Waals surface area (Å²) in [5, 5.41) is 1.17. The molecule has 0 aliphatic rings. The number of benzene rings is 2. The molecular formula is C32H46N2O7Si. The van der Waals surface area contributed by atoms with E-state index in [2.05, 4.69) is 39.3 Å². The lowest BCUT2D eigenvalue weighted by atomic mass is 10.1. The van der Waals surface area contributed by atoms with Crippen molar-refractivity contribution in [2.24, 2.45) is 0 Å². The van der Waals surface area contributed by atoms with Crippen LogP contribution in [0.15, 0.2) is 72.8 Å². The third kappa shape index (κ3) is 12.5. The minimum atomic E-state index is -1.90. The Morgan fingerprint density at radius 3 is 2.00 bits per heavy atom. The summed E-state index contributed by atoms with van der Waals surface area (Å²) in [7, 11) is -1.90. The summed E-state index contributed by atoms with van der Waals surface area (Å²) in [4.78, 5) is 38.3. The number of hydrogen-bond donors (Lipinski definition) is 1. The van der Waals surface area contributed by atoms with Gasteiger partial charge in [-0.25, -0.2) is 24.8 Å². The van der Waals surface area contributed by atoms with E-state index in [1.165, 1.54) is 12.2 Å². The van der Waals surface area contributed by atoms with Crippen molar-refractivity contribution in [1.29, 1.82) is 0 Å². The topological polar surface area (TPSA) is 103 Å². The smallest absolute Gasteiger partial charge is 0.429 e. The summed E-state index contributed by atoms with van der Waals surface area (Å²) in [6.07, 6.45) is 3.01. The van der Waals surface area contributed by atoms with Gasteiger partial charge in [-0.15, -0.1) is 0 Å². The van der Waals surface area contributed by atoms with Gasteiger partial charge in [-0.1, -0.05) is 87.5 Å². The number of carbonyl (C=O) groups is 3. The largest absolute Gasteiger partial charge is 0.463 e. The lowest BCUT2D eigenvalue weighted by molar-refractivity contribution is -0.137. The Labute approximate surface area is 251 Å². The molecule has 1 atom stereocenters. The van der Waals surface area contributed by atoms with E-state index in [9.17, 15) is 14.4 Å². The monoisotopic (exact) mass is 598 g/mol. The van der Waals surface area contributed by atoms with Crippen LogP contribution in [-0.2, 0) is 36.6 Å². The molecule has 2 aromatic carbocycles. The number of amides is 2. The Morgan fingerprint density at radius 2 is 1.45 bits per heavy atom. The van der Waals surface area contributed by atoms with Crippen LogP contribution in [0, 0.1) is 0 Å². The number of nitrogens with one attached hydrogen (secondary N) is 1. The molecule has 0 saturated heterocycles. The van der Waals surface area contributed by atoms with E-state index in [0.717, 1.165) is 22.6 Å². The number of hydrogen-bond acceptors (Lipinski definition) is 7. The standard InChI is InChI=1S/C32H46N2O7Si/c1-7-38-29(35)22-21-28(20-14-15-23-41-42(5,6)32(2,3)4)34(31(37)40-25-27-18-12-9-13-19-27)33-30(36)39-24-26-16-10-8-11-17-26/h8-13,16-19,21-22,28H,7,14-15,20,23-25H2,1-6H3,(H,33,36)/b22-21+. The molecule has 0 fully saturated rings. The summed E-state index contributed by atoms with van der Waals surface area (Å²) < 4.78 is 22.2. The third-order valence-electron chi connectivity index (χ3n) is 7.06. The van der Waals surface area contributed by atoms with Crippen LogP contribution in [0.1, 0.15) is 58.1 Å². The van der Waals surface area contributed by atoms with Crippen molar-refractivity contribution in [1.82, 2.24) is 10.4 Å². The molecule has 10 heteroatoms. The molecule has 0 spiro atoms. The van der Waals surface area contributed by atoms with Crippen molar-refractivity contribution < 1.29 is 33.0 Å². The lowest BCUT2D eigenvalue weighted by Crippen LogP contribution is -2.51. The molecule has 1 unspecified atom stereocenters. The molecule has 1 N–H and O–H groups in total. The van der Waals surface area contributed by atoms with E-state index in [1.807, 2.05) is 60.7 Å². The van der Waals surface area contributed by atoms with E-state index in [-0.39, 0.29) is 24.9 Å². The predicted molar refractivity (Wildman–Crippen MR) is 165 cm³/mol.